The molecule has 3 aromatic rings. The van der Waals surface area contributed by atoms with Crippen LogP contribution in [0.25, 0.3) is 0 Å². The Morgan fingerprint density at radius 3 is 1.97 bits per heavy atom. The van der Waals surface area contributed by atoms with Crippen LogP contribution in [0.4, 0.5) is 5.69 Å². The number of benzene rings is 3. The first kappa shape index (κ1) is 21.2. The third kappa shape index (κ3) is 4.24. The largest absolute Gasteiger partial charge is 0.506 e. The molecular formula is C21H17Cl2NO4S. The van der Waals surface area contributed by atoms with Crippen molar-refractivity contribution < 1.29 is 18.3 Å². The fourth-order valence-electron chi connectivity index (χ4n) is 2.74. The zero-order chi connectivity index (χ0) is 21.3. The van der Waals surface area contributed by atoms with E-state index in [1.807, 2.05) is 0 Å². The van der Waals surface area contributed by atoms with E-state index in [0.29, 0.717) is 26.7 Å². The first-order valence-electron chi connectivity index (χ1n) is 8.52. The SMILES string of the molecule is Cc1c(NC(=O)c2ccc(Cl)cc2)cc(S(=O)(=O)c2ccc(Cl)cc2)c(O)c1C. The summed E-state index contributed by atoms with van der Waals surface area (Å²) < 4.78 is 26.1. The molecule has 0 aliphatic rings. The third-order valence-corrected chi connectivity index (χ3v) is 6.89. The number of carbonyl (C=O) groups is 1. The molecule has 150 valence electrons. The molecule has 0 atom stereocenters. The van der Waals surface area contributed by atoms with E-state index < -0.39 is 15.7 Å². The molecule has 0 radical (unpaired) electrons. The Labute approximate surface area is 178 Å². The molecule has 0 heterocycles. The lowest BCUT2D eigenvalue weighted by atomic mass is 10.1. The number of hydrogen-bond acceptors (Lipinski definition) is 4. The molecular weight excluding hydrogens is 433 g/mol. The quantitative estimate of drug-likeness (QED) is 0.522. The van der Waals surface area contributed by atoms with Crippen LogP contribution in [0.3, 0.4) is 0 Å². The predicted molar refractivity (Wildman–Crippen MR) is 114 cm³/mol. The second kappa shape index (κ2) is 8.06. The zero-order valence-electron chi connectivity index (χ0n) is 15.5. The highest BCUT2D eigenvalue weighted by molar-refractivity contribution is 7.91. The van der Waals surface area contributed by atoms with E-state index >= 15 is 0 Å². The number of aromatic hydroxyl groups is 1. The van der Waals surface area contributed by atoms with Gasteiger partial charge in [0, 0.05) is 21.3 Å². The van der Waals surface area contributed by atoms with Gasteiger partial charge >= 0.3 is 0 Å². The molecule has 0 unspecified atom stereocenters. The van der Waals surface area contributed by atoms with Crippen LogP contribution in [-0.4, -0.2) is 19.4 Å². The summed E-state index contributed by atoms with van der Waals surface area (Å²) in [6.07, 6.45) is 0. The van der Waals surface area contributed by atoms with Crippen molar-refractivity contribution in [2.45, 2.75) is 23.6 Å². The molecule has 0 aliphatic heterocycles. The molecule has 3 aromatic carbocycles. The summed E-state index contributed by atoms with van der Waals surface area (Å²) in [7, 11) is -4.03. The Hall–Kier alpha value is -2.54. The van der Waals surface area contributed by atoms with Crippen molar-refractivity contribution in [3.8, 4) is 5.75 Å². The van der Waals surface area contributed by atoms with Gasteiger partial charge in [-0.2, -0.15) is 0 Å². The summed E-state index contributed by atoms with van der Waals surface area (Å²) in [5.74, 6) is -0.786. The summed E-state index contributed by atoms with van der Waals surface area (Å²) >= 11 is 11.7. The molecule has 0 aromatic heterocycles. The number of phenols is 1. The zero-order valence-corrected chi connectivity index (χ0v) is 17.9. The van der Waals surface area contributed by atoms with Crippen LogP contribution in [0.15, 0.2) is 64.4 Å². The molecule has 0 saturated heterocycles. The highest BCUT2D eigenvalue weighted by Gasteiger charge is 2.25. The molecule has 0 spiro atoms. The Morgan fingerprint density at radius 1 is 0.897 bits per heavy atom. The number of anilines is 1. The average Bonchev–Trinajstić information content (AvgIpc) is 2.69. The minimum Gasteiger partial charge on any atom is -0.506 e. The first-order chi connectivity index (χ1) is 13.6. The Morgan fingerprint density at radius 2 is 1.41 bits per heavy atom. The normalized spacial score (nSPS) is 11.3. The van der Waals surface area contributed by atoms with Gasteiger partial charge in [0.15, 0.2) is 0 Å². The Bertz CT molecular complexity index is 1190. The molecule has 0 bridgehead atoms. The van der Waals surface area contributed by atoms with Crippen molar-refractivity contribution in [1.29, 1.82) is 0 Å². The summed E-state index contributed by atoms with van der Waals surface area (Å²) in [6.45, 7) is 3.27. The highest BCUT2D eigenvalue weighted by atomic mass is 35.5. The van der Waals surface area contributed by atoms with Gasteiger partial charge in [0.05, 0.1) is 4.90 Å². The molecule has 29 heavy (non-hydrogen) atoms. The monoisotopic (exact) mass is 449 g/mol. The fourth-order valence-corrected chi connectivity index (χ4v) is 4.42. The van der Waals surface area contributed by atoms with Crippen LogP contribution in [0, 0.1) is 13.8 Å². The van der Waals surface area contributed by atoms with Gasteiger partial charge in [0.1, 0.15) is 10.6 Å². The maximum absolute atomic E-state index is 13.0. The van der Waals surface area contributed by atoms with E-state index in [-0.39, 0.29) is 21.2 Å². The van der Waals surface area contributed by atoms with E-state index in [0.717, 1.165) is 0 Å². The Balaban J connectivity index is 2.06. The minimum absolute atomic E-state index is 0.0181. The van der Waals surface area contributed by atoms with Crippen molar-refractivity contribution in [2.24, 2.45) is 0 Å². The highest BCUT2D eigenvalue weighted by Crippen LogP contribution is 2.37. The molecule has 8 heteroatoms. The van der Waals surface area contributed by atoms with Crippen LogP contribution in [-0.2, 0) is 9.84 Å². The lowest BCUT2D eigenvalue weighted by Gasteiger charge is -2.16. The summed E-state index contributed by atoms with van der Waals surface area (Å²) in [4.78, 5) is 12.2. The van der Waals surface area contributed by atoms with Gasteiger partial charge in [-0.3, -0.25) is 4.79 Å². The van der Waals surface area contributed by atoms with Crippen molar-refractivity contribution >= 4 is 44.6 Å². The second-order valence-electron chi connectivity index (χ2n) is 6.44. The van der Waals surface area contributed by atoms with Gasteiger partial charge in [-0.1, -0.05) is 23.2 Å². The van der Waals surface area contributed by atoms with Gasteiger partial charge in [-0.25, -0.2) is 8.42 Å². The number of rotatable bonds is 4. The van der Waals surface area contributed by atoms with Crippen LogP contribution >= 0.6 is 23.2 Å². The summed E-state index contributed by atoms with van der Waals surface area (Å²) in [5.41, 5.74) is 1.56. The number of halogens is 2. The maximum Gasteiger partial charge on any atom is 0.255 e. The molecule has 0 saturated carbocycles. The van der Waals surface area contributed by atoms with Gasteiger partial charge in [0.2, 0.25) is 9.84 Å². The third-order valence-electron chi connectivity index (χ3n) is 4.60. The van der Waals surface area contributed by atoms with Gasteiger partial charge in [0.25, 0.3) is 5.91 Å². The number of carbonyl (C=O) groups excluding carboxylic acids is 1. The number of sulfone groups is 1. The predicted octanol–water partition coefficient (Wildman–Crippen LogP) is 5.40. The number of amides is 1. The van der Waals surface area contributed by atoms with Crippen LogP contribution < -0.4 is 5.32 Å². The standard InChI is InChI=1S/C21H17Cl2NO4S/c1-12-13(2)20(25)19(29(27,28)17-9-7-16(23)8-10-17)11-18(12)24-21(26)14-3-5-15(22)6-4-14/h3-11,25H,1-2H3,(H,24,26). The van der Waals surface area contributed by atoms with Crippen molar-refractivity contribution in [3.05, 3.63) is 81.3 Å². The second-order valence-corrected chi connectivity index (χ2v) is 9.23. The molecule has 2 N–H and O–H groups in total. The van der Waals surface area contributed by atoms with E-state index in [1.165, 1.54) is 30.3 Å². The van der Waals surface area contributed by atoms with E-state index in [1.54, 1.807) is 38.1 Å². The topological polar surface area (TPSA) is 83.5 Å². The summed E-state index contributed by atoms with van der Waals surface area (Å²) in [5, 5.41) is 14.1. The molecule has 0 aliphatic carbocycles. The number of hydrogen-bond donors (Lipinski definition) is 2. The lowest BCUT2D eigenvalue weighted by Crippen LogP contribution is -2.14. The maximum atomic E-state index is 13.0. The van der Waals surface area contributed by atoms with E-state index in [9.17, 15) is 18.3 Å². The van der Waals surface area contributed by atoms with Gasteiger partial charge in [-0.15, -0.1) is 0 Å². The smallest absolute Gasteiger partial charge is 0.255 e. The van der Waals surface area contributed by atoms with Crippen molar-refractivity contribution in [1.82, 2.24) is 0 Å². The molecule has 5 nitrogen and oxygen atoms in total. The van der Waals surface area contributed by atoms with E-state index in [2.05, 4.69) is 5.32 Å². The van der Waals surface area contributed by atoms with Gasteiger partial charge < -0.3 is 10.4 Å². The van der Waals surface area contributed by atoms with Crippen molar-refractivity contribution in [3.63, 3.8) is 0 Å². The lowest BCUT2D eigenvalue weighted by molar-refractivity contribution is 0.102. The Kier molecular flexibility index (Phi) is 5.89. The summed E-state index contributed by atoms with van der Waals surface area (Å²) in [6, 6.07) is 13.2. The number of phenolic OH excluding ortho intramolecular Hbond substituents is 1. The first-order valence-corrected chi connectivity index (χ1v) is 10.8. The van der Waals surface area contributed by atoms with Crippen LogP contribution in [0.5, 0.6) is 5.75 Å². The molecule has 0 fully saturated rings. The van der Waals surface area contributed by atoms with E-state index in [4.69, 9.17) is 23.2 Å². The average molecular weight is 450 g/mol. The van der Waals surface area contributed by atoms with Crippen LogP contribution in [0.2, 0.25) is 10.0 Å². The fraction of sp³-hybridized carbons (Fsp3) is 0.0952. The molecule has 3 rings (SSSR count). The number of nitrogens with one attached hydrogen (secondary N) is 1. The minimum atomic E-state index is -4.03. The van der Waals surface area contributed by atoms with Crippen molar-refractivity contribution in [2.75, 3.05) is 5.32 Å². The van der Waals surface area contributed by atoms with Crippen LogP contribution in [0.1, 0.15) is 21.5 Å². The molecule has 1 amide bonds. The van der Waals surface area contributed by atoms with Gasteiger partial charge in [-0.05, 0) is 79.6 Å².